The van der Waals surface area contributed by atoms with Crippen molar-refractivity contribution in [1.29, 1.82) is 0 Å². The van der Waals surface area contributed by atoms with E-state index in [0.29, 0.717) is 103 Å². The van der Waals surface area contributed by atoms with E-state index in [1.54, 1.807) is 66.7 Å². The van der Waals surface area contributed by atoms with Crippen LogP contribution in [0.1, 0.15) is 228 Å². The second kappa shape index (κ2) is 37.2. The number of pyridine rings is 4. The Labute approximate surface area is 782 Å². The van der Waals surface area contributed by atoms with E-state index in [0.717, 1.165) is 152 Å². The number of nitrogen functional groups attached to an aromatic ring is 2. The van der Waals surface area contributed by atoms with Gasteiger partial charge in [0.2, 0.25) is 23.0 Å². The van der Waals surface area contributed by atoms with Crippen molar-refractivity contribution in [2.45, 2.75) is 232 Å². The van der Waals surface area contributed by atoms with Crippen LogP contribution in [-0.2, 0) is 84.0 Å². The molecule has 10 aliphatic rings. The monoisotopic (exact) mass is 1890 g/mol. The zero-order valence-electron chi connectivity index (χ0n) is 79.4. The summed E-state index contributed by atoms with van der Waals surface area (Å²) in [5.74, 6) is 5.94. The number of amides is 2. The van der Waals surface area contributed by atoms with Crippen LogP contribution >= 0.6 is 11.6 Å². The molecule has 134 heavy (non-hydrogen) atoms. The molecule has 6 saturated carbocycles. The van der Waals surface area contributed by atoms with Gasteiger partial charge < -0.3 is 85.2 Å². The summed E-state index contributed by atoms with van der Waals surface area (Å²) in [6, 6.07) is 20.8. The maximum atomic E-state index is 12.1. The number of aromatic nitrogens is 18. The van der Waals surface area contributed by atoms with E-state index in [1.807, 2.05) is 61.3 Å². The molecule has 0 atom stereocenters. The number of imidazole rings is 2. The third-order valence-corrected chi connectivity index (χ3v) is 26.5. The number of hydrogen-bond donors (Lipinski definition) is 7. The SMILES string of the molecule is CC(C)(C)c1cc(N)n[nH]1.CC(C)(C)c1cc(N)nn1C1CC2(COC2)C1.CC(C)(C)c1cc([N+](=O)[O-])[nH]n1.CC(C)(C)c1cc([N+](=O)[O-])nn1C1CC2(COC2)C1.CS(=O)(=O)OC1CC2(COC2)C1.Cn1c(Cl)nc2ncc(Oc3ccnc(NC(=O)C4CC4)c3)cc21.Cn1c(Nc2cc(C(C)(C)C)n(C3CC4(COC4)C3)n2)nc2ncc(Oc3ccnc(NC(=O)C4CC4)c3)cc21. The van der Waals surface area contributed by atoms with E-state index in [9.17, 15) is 38.2 Å². The summed E-state index contributed by atoms with van der Waals surface area (Å²) in [6.45, 7) is 38.5. The van der Waals surface area contributed by atoms with Gasteiger partial charge in [-0.2, -0.15) is 38.4 Å². The van der Waals surface area contributed by atoms with Gasteiger partial charge in [0, 0.05) is 147 Å². The van der Waals surface area contributed by atoms with Crippen LogP contribution in [0.4, 0.5) is 46.7 Å². The van der Waals surface area contributed by atoms with E-state index >= 15 is 0 Å². The Kier molecular flexibility index (Phi) is 26.9. The maximum absolute atomic E-state index is 12.1. The fraction of sp³-hybridized carbons (Fsp3) is 0.576. The molecule has 15 heterocycles. The number of nitrogens with two attached hydrogens (primary N) is 2. The Morgan fingerprint density at radius 2 is 0.948 bits per heavy atom. The van der Waals surface area contributed by atoms with Gasteiger partial charge in [-0.25, -0.2) is 19.9 Å². The average Bonchev–Trinajstić information content (AvgIpc) is 1.37. The largest absolute Gasteiger partial charge is 0.455 e. The molecule has 0 bridgehead atoms. The van der Waals surface area contributed by atoms with E-state index < -0.39 is 20.0 Å². The number of ether oxygens (including phenoxy) is 6. The van der Waals surface area contributed by atoms with Crippen molar-refractivity contribution in [3.05, 3.63) is 145 Å². The minimum Gasteiger partial charge on any atom is -0.455 e. The summed E-state index contributed by atoms with van der Waals surface area (Å²) in [5.41, 5.74) is 20.5. The Balaban J connectivity index is 0.000000126. The highest BCUT2D eigenvalue weighted by Crippen LogP contribution is 2.57. The lowest BCUT2D eigenvalue weighted by molar-refractivity contribution is -0.390. The molecule has 4 aliphatic heterocycles. The van der Waals surface area contributed by atoms with Crippen LogP contribution in [0.3, 0.4) is 0 Å². The molecule has 11 aromatic heterocycles. The second-order valence-corrected chi connectivity index (χ2v) is 44.7. The topological polar surface area (TPSA) is 505 Å². The van der Waals surface area contributed by atoms with Crippen LogP contribution in [0.5, 0.6) is 23.0 Å². The quantitative estimate of drug-likeness (QED) is 0.0253. The summed E-state index contributed by atoms with van der Waals surface area (Å²) in [4.78, 5) is 70.2. The number of carbonyl (C=O) groups is 2. The van der Waals surface area contributed by atoms with Crippen LogP contribution in [-0.4, -0.2) is 184 Å². The number of hydrogen-bond acceptors (Lipinski definition) is 29. The summed E-state index contributed by atoms with van der Waals surface area (Å²) in [6.07, 6.45) is 19.5. The molecule has 11 aromatic rings. The molecule has 4 saturated heterocycles. The molecule has 720 valence electrons. The van der Waals surface area contributed by atoms with Crippen LogP contribution < -0.4 is 36.9 Å². The fourth-order valence-electron chi connectivity index (χ4n) is 17.3. The molecule has 0 aromatic carbocycles. The number of nitro groups is 2. The van der Waals surface area contributed by atoms with Crippen molar-refractivity contribution in [3.8, 4) is 23.0 Å². The maximum Gasteiger partial charge on any atom is 0.390 e. The highest BCUT2D eigenvalue weighted by molar-refractivity contribution is 7.86. The molecule has 0 unspecified atom stereocenters. The number of halogens is 1. The predicted molar refractivity (Wildman–Crippen MR) is 503 cm³/mol. The van der Waals surface area contributed by atoms with Crippen molar-refractivity contribution in [1.82, 2.24) is 88.8 Å². The zero-order valence-corrected chi connectivity index (χ0v) is 81.0. The van der Waals surface area contributed by atoms with Crippen molar-refractivity contribution in [2.24, 2.45) is 47.6 Å². The molecule has 40 nitrogen and oxygen atoms in total. The molecule has 10 fully saturated rings. The summed E-state index contributed by atoms with van der Waals surface area (Å²) >= 11 is 5.99. The number of rotatable bonds is 17. The minimum atomic E-state index is -3.26. The molecule has 0 radical (unpaired) electrons. The third-order valence-electron chi connectivity index (χ3n) is 25.5. The Morgan fingerprint density at radius 1 is 0.507 bits per heavy atom. The first-order valence-corrected chi connectivity index (χ1v) is 47.4. The van der Waals surface area contributed by atoms with Crippen molar-refractivity contribution in [2.75, 3.05) is 86.5 Å². The van der Waals surface area contributed by atoms with Crippen molar-refractivity contribution in [3.63, 3.8) is 0 Å². The first-order chi connectivity index (χ1) is 62.9. The number of H-pyrrole nitrogens is 2. The lowest BCUT2D eigenvalue weighted by atomic mass is 9.64. The normalized spacial score (nSPS) is 19.7. The van der Waals surface area contributed by atoms with Crippen LogP contribution in [0.2, 0.25) is 5.28 Å². The molecule has 2 amide bonds. The van der Waals surface area contributed by atoms with E-state index in [-0.39, 0.29) is 79.9 Å². The van der Waals surface area contributed by atoms with Gasteiger partial charge in [0.15, 0.2) is 17.1 Å². The van der Waals surface area contributed by atoms with Gasteiger partial charge in [0.1, 0.15) is 46.3 Å². The van der Waals surface area contributed by atoms with Crippen molar-refractivity contribution >= 4 is 103 Å². The highest BCUT2D eigenvalue weighted by Gasteiger charge is 2.55. The minimum absolute atomic E-state index is 0.00618. The number of anilines is 6. The number of aryl methyl sites for hydroxylation is 2. The Morgan fingerprint density at radius 3 is 1.34 bits per heavy atom. The van der Waals surface area contributed by atoms with Crippen LogP contribution in [0.15, 0.2) is 91.5 Å². The summed E-state index contributed by atoms with van der Waals surface area (Å²) in [5, 5.41) is 57.2. The Bertz CT molecular complexity index is 6220. The van der Waals surface area contributed by atoms with Crippen LogP contribution in [0, 0.1) is 53.7 Å². The first-order valence-electron chi connectivity index (χ1n) is 45.2. The van der Waals surface area contributed by atoms with E-state index in [4.69, 9.17) is 65.8 Å². The Hall–Kier alpha value is -11.6. The van der Waals surface area contributed by atoms with Gasteiger partial charge in [0.05, 0.1) is 135 Å². The fourth-order valence-corrected chi connectivity index (χ4v) is 18.1. The van der Waals surface area contributed by atoms with Gasteiger partial charge in [0.25, 0.3) is 10.1 Å². The van der Waals surface area contributed by atoms with Gasteiger partial charge in [-0.05, 0) is 111 Å². The van der Waals surface area contributed by atoms with Crippen molar-refractivity contribution < 1.29 is 60.5 Å². The number of nitrogens with one attached hydrogen (secondary N) is 5. The van der Waals surface area contributed by atoms with E-state index in [2.05, 4.69) is 170 Å². The number of nitrogens with zero attached hydrogens (tertiary/aromatic N) is 18. The highest BCUT2D eigenvalue weighted by atomic mass is 35.5. The standard InChI is InChI=1S/C29H34N8O3.C16H14ClN5O2.C13H19N3O3.C13H21N3O.C7H11N3O2.C7H13N3.C7H12O4S/c1-28(2,3)22-11-24(35-37(22)18-12-29(13-18)15-39-16-29)33-27-34-25-21(36(27)4)9-20(14-31-25)40-19-7-8-30-23(10-19)32-26(38)17-5-6-17;1-22-12-6-11(8-19-14(12)21-16(22)17)24-10-4-5-18-13(7-10)20-15(23)9-2-3-9;1-12(2,3)10-4-11(16(17)18)14-15(10)9-5-13(6-9)7-19-8-13;1-12(2,3)10-4-11(14)15-16(10)9-5-13(6-9)7-17-8-13;1-7(2,3)5-4-6(9-8-5)10(11)12;1-7(2,3)5-4-6(8)10-9-5;1-12(8,9)11-6-2-7(3-6)4-10-5-7/h7-11,14,17-18H,5-6,12-13,15-16H2,1-4H3,(H,30,32,38)(H,31,33,34,35);4-9H,2-3H2,1H3,(H,18,20,23);4,9H,5-8H2,1-3H3;4,9H,5-8H2,1-3H3,(H2,14,15);4H,1-3H3,(H,8,9);4H,1-3H3,(H3,8,9,10);6H,2-5H2,1H3. The lowest BCUT2D eigenvalue weighted by Gasteiger charge is -2.53. The van der Waals surface area contributed by atoms with Crippen LogP contribution in [0.25, 0.3) is 22.3 Å². The van der Waals surface area contributed by atoms with E-state index in [1.165, 1.54) is 30.3 Å². The first kappa shape index (κ1) is 96.9. The smallest absolute Gasteiger partial charge is 0.390 e. The molecule has 6 aliphatic carbocycles. The van der Waals surface area contributed by atoms with Gasteiger partial charge in [-0.3, -0.25) is 28.2 Å². The van der Waals surface area contributed by atoms with Gasteiger partial charge in [-0.15, -0.1) is 5.10 Å². The third kappa shape index (κ3) is 23.0. The molecular weight excluding hydrogens is 1760 g/mol. The number of aromatic amines is 2. The summed E-state index contributed by atoms with van der Waals surface area (Å²) < 4.78 is 69.1. The number of carbonyl (C=O) groups excluding carboxylic acids is 2. The second-order valence-electron chi connectivity index (χ2n) is 42.8. The molecule has 9 N–H and O–H groups in total. The summed E-state index contributed by atoms with van der Waals surface area (Å²) in [7, 11) is 0.487. The van der Waals surface area contributed by atoms with Gasteiger partial charge in [-0.1, -0.05) is 109 Å². The molecule has 4 spiro atoms. The average molecular weight is 1890 g/mol. The predicted octanol–water partition coefficient (Wildman–Crippen LogP) is 15.9. The number of fused-ring (bicyclic) bond motifs is 2. The molecule has 42 heteroatoms. The molecule has 21 rings (SSSR count). The zero-order chi connectivity index (χ0) is 96.4. The lowest BCUT2D eigenvalue weighted by Crippen LogP contribution is -2.55. The van der Waals surface area contributed by atoms with Gasteiger partial charge >= 0.3 is 11.6 Å². The molecular formula is C92H124ClN25O15S.